The lowest BCUT2D eigenvalue weighted by atomic mass is 9.98. The molecule has 2 aliphatic heterocycles. The molecule has 0 amide bonds. The van der Waals surface area contributed by atoms with Gasteiger partial charge in [-0.3, -0.25) is 4.90 Å². The van der Waals surface area contributed by atoms with Gasteiger partial charge in [0, 0.05) is 27.9 Å². The van der Waals surface area contributed by atoms with Crippen molar-refractivity contribution in [2.24, 2.45) is 0 Å². The Hall–Kier alpha value is -0.290. The predicted molar refractivity (Wildman–Crippen MR) is 85.1 cm³/mol. The number of hydrogen-bond donors (Lipinski definition) is 1. The minimum Gasteiger partial charge on any atom is -0.380 e. The molecule has 98 valence electrons. The summed E-state index contributed by atoms with van der Waals surface area (Å²) in [5, 5.41) is 3.80. The smallest absolute Gasteiger partial charge is 0.0429 e. The number of nitrogens with one attached hydrogen (secondary N) is 1. The molecule has 1 N–H and O–H groups in total. The van der Waals surface area contributed by atoms with Crippen LogP contribution in [0.15, 0.2) is 18.2 Å². The molecule has 2 unspecified atom stereocenters. The van der Waals surface area contributed by atoms with Gasteiger partial charge in [0.15, 0.2) is 0 Å². The van der Waals surface area contributed by atoms with E-state index in [0.717, 1.165) is 6.04 Å². The first-order valence-corrected chi connectivity index (χ1v) is 8.09. The second kappa shape index (κ2) is 5.37. The summed E-state index contributed by atoms with van der Waals surface area (Å²) in [4.78, 5) is 2.68. The van der Waals surface area contributed by atoms with Crippen LogP contribution in [0.4, 0.5) is 5.69 Å². The van der Waals surface area contributed by atoms with Crippen molar-refractivity contribution in [3.8, 4) is 0 Å². The standard InChI is InChI=1S/C15H21IN2/c1-11-12(16)5-4-6-13(11)17-14-8-10-18-9-3-2-7-15(14)18/h4-6,14-15,17H,2-3,7-10H2,1H3. The number of fused-ring (bicyclic) bond motifs is 1. The number of nitrogens with zero attached hydrogens (tertiary/aromatic N) is 1. The minimum absolute atomic E-state index is 0.655. The fourth-order valence-corrected chi connectivity index (χ4v) is 3.88. The maximum Gasteiger partial charge on any atom is 0.0429 e. The summed E-state index contributed by atoms with van der Waals surface area (Å²) < 4.78 is 1.36. The highest BCUT2D eigenvalue weighted by molar-refractivity contribution is 14.1. The van der Waals surface area contributed by atoms with Crippen molar-refractivity contribution in [3.63, 3.8) is 0 Å². The van der Waals surface area contributed by atoms with Gasteiger partial charge in [-0.15, -0.1) is 0 Å². The third-order valence-corrected chi connectivity index (χ3v) is 5.63. The van der Waals surface area contributed by atoms with Gasteiger partial charge in [0.1, 0.15) is 0 Å². The zero-order chi connectivity index (χ0) is 12.5. The Morgan fingerprint density at radius 1 is 1.22 bits per heavy atom. The summed E-state index contributed by atoms with van der Waals surface area (Å²) in [6.45, 7) is 4.82. The molecule has 0 aromatic heterocycles. The van der Waals surface area contributed by atoms with Crippen LogP contribution in [0.5, 0.6) is 0 Å². The summed E-state index contributed by atoms with van der Waals surface area (Å²) in [6.07, 6.45) is 5.48. The third-order valence-electron chi connectivity index (χ3n) is 4.46. The second-order valence-corrected chi connectivity index (χ2v) is 6.71. The minimum atomic E-state index is 0.655. The normalized spacial score (nSPS) is 28.1. The molecule has 1 aromatic rings. The van der Waals surface area contributed by atoms with Crippen LogP contribution in [-0.4, -0.2) is 30.1 Å². The average Bonchev–Trinajstić information content (AvgIpc) is 2.79. The van der Waals surface area contributed by atoms with Crippen molar-refractivity contribution in [3.05, 3.63) is 27.3 Å². The van der Waals surface area contributed by atoms with Gasteiger partial charge < -0.3 is 5.32 Å². The van der Waals surface area contributed by atoms with Crippen molar-refractivity contribution < 1.29 is 0 Å². The lowest BCUT2D eigenvalue weighted by Crippen LogP contribution is -2.41. The van der Waals surface area contributed by atoms with E-state index >= 15 is 0 Å². The molecule has 0 radical (unpaired) electrons. The Balaban J connectivity index is 1.74. The molecule has 0 spiro atoms. The van der Waals surface area contributed by atoms with Crippen LogP contribution in [0.1, 0.15) is 31.2 Å². The Bertz CT molecular complexity index is 433. The summed E-state index contributed by atoms with van der Waals surface area (Å²) in [5.41, 5.74) is 2.73. The van der Waals surface area contributed by atoms with Crippen molar-refractivity contribution in [2.75, 3.05) is 18.4 Å². The molecule has 2 nitrogen and oxygen atoms in total. The van der Waals surface area contributed by atoms with Crippen LogP contribution in [0.25, 0.3) is 0 Å². The van der Waals surface area contributed by atoms with E-state index in [1.807, 2.05) is 0 Å². The molecule has 0 aliphatic carbocycles. The van der Waals surface area contributed by atoms with E-state index < -0.39 is 0 Å². The van der Waals surface area contributed by atoms with Gasteiger partial charge in [-0.25, -0.2) is 0 Å². The molecule has 3 heteroatoms. The summed E-state index contributed by atoms with van der Waals surface area (Å²) in [6, 6.07) is 7.99. The van der Waals surface area contributed by atoms with Crippen molar-refractivity contribution in [1.82, 2.24) is 4.90 Å². The van der Waals surface area contributed by atoms with Crippen LogP contribution in [0.2, 0.25) is 0 Å². The van der Waals surface area contributed by atoms with Gasteiger partial charge in [0.05, 0.1) is 0 Å². The van der Waals surface area contributed by atoms with Gasteiger partial charge in [-0.2, -0.15) is 0 Å². The number of piperidine rings is 1. The Morgan fingerprint density at radius 2 is 2.11 bits per heavy atom. The van der Waals surface area contributed by atoms with Crippen molar-refractivity contribution >= 4 is 28.3 Å². The van der Waals surface area contributed by atoms with Crippen LogP contribution >= 0.6 is 22.6 Å². The molecule has 2 saturated heterocycles. The summed E-state index contributed by atoms with van der Waals surface area (Å²) in [5.74, 6) is 0. The summed E-state index contributed by atoms with van der Waals surface area (Å²) in [7, 11) is 0. The van der Waals surface area contributed by atoms with E-state index in [-0.39, 0.29) is 0 Å². The van der Waals surface area contributed by atoms with Crippen molar-refractivity contribution in [2.45, 2.75) is 44.7 Å². The molecule has 3 rings (SSSR count). The van der Waals surface area contributed by atoms with E-state index in [0.29, 0.717) is 6.04 Å². The van der Waals surface area contributed by atoms with Crippen LogP contribution in [-0.2, 0) is 0 Å². The Kier molecular flexibility index (Phi) is 3.80. The Labute approximate surface area is 123 Å². The maximum atomic E-state index is 3.80. The largest absolute Gasteiger partial charge is 0.380 e. The van der Waals surface area contributed by atoms with E-state index in [4.69, 9.17) is 0 Å². The average molecular weight is 356 g/mol. The highest BCUT2D eigenvalue weighted by Gasteiger charge is 2.35. The quantitative estimate of drug-likeness (QED) is 0.814. The zero-order valence-corrected chi connectivity index (χ0v) is 13.1. The lowest BCUT2D eigenvalue weighted by molar-refractivity contribution is 0.193. The molecule has 2 heterocycles. The van der Waals surface area contributed by atoms with E-state index in [9.17, 15) is 0 Å². The number of rotatable bonds is 2. The molecule has 1 aromatic carbocycles. The number of hydrogen-bond acceptors (Lipinski definition) is 2. The van der Waals surface area contributed by atoms with Crippen LogP contribution < -0.4 is 5.32 Å². The van der Waals surface area contributed by atoms with Crippen molar-refractivity contribution in [1.29, 1.82) is 0 Å². The first-order valence-electron chi connectivity index (χ1n) is 7.01. The molecule has 2 aliphatic rings. The van der Waals surface area contributed by atoms with Gasteiger partial charge in [0.2, 0.25) is 0 Å². The van der Waals surface area contributed by atoms with Gasteiger partial charge in [-0.05, 0) is 73.0 Å². The van der Waals surface area contributed by atoms with E-state index in [1.54, 1.807) is 0 Å². The molecule has 18 heavy (non-hydrogen) atoms. The van der Waals surface area contributed by atoms with Gasteiger partial charge >= 0.3 is 0 Å². The number of halogens is 1. The molecule has 0 bridgehead atoms. The maximum absolute atomic E-state index is 3.80. The van der Waals surface area contributed by atoms with E-state index in [1.165, 1.54) is 53.6 Å². The molecule has 2 fully saturated rings. The lowest BCUT2D eigenvalue weighted by Gasteiger charge is -2.33. The summed E-state index contributed by atoms with van der Waals surface area (Å²) >= 11 is 2.42. The SMILES string of the molecule is Cc1c(I)cccc1NC1CCN2CCCCC12. The molecular weight excluding hydrogens is 335 g/mol. The molecular formula is C15H21IN2. The fraction of sp³-hybridized carbons (Fsp3) is 0.600. The fourth-order valence-electron chi connectivity index (χ4n) is 3.38. The molecule has 2 atom stereocenters. The highest BCUT2D eigenvalue weighted by atomic mass is 127. The molecule has 0 saturated carbocycles. The monoisotopic (exact) mass is 356 g/mol. The van der Waals surface area contributed by atoms with Crippen LogP contribution in [0, 0.1) is 10.5 Å². The predicted octanol–water partition coefficient (Wildman–Crippen LogP) is 3.64. The first-order chi connectivity index (χ1) is 8.75. The topological polar surface area (TPSA) is 15.3 Å². The second-order valence-electron chi connectivity index (χ2n) is 5.55. The third kappa shape index (κ3) is 2.39. The van der Waals surface area contributed by atoms with Gasteiger partial charge in [-0.1, -0.05) is 12.5 Å². The first kappa shape index (κ1) is 12.7. The Morgan fingerprint density at radius 3 is 3.00 bits per heavy atom. The van der Waals surface area contributed by atoms with E-state index in [2.05, 4.69) is 57.9 Å². The highest BCUT2D eigenvalue weighted by Crippen LogP contribution is 2.30. The zero-order valence-electron chi connectivity index (χ0n) is 11.0. The number of benzene rings is 1. The van der Waals surface area contributed by atoms with Gasteiger partial charge in [0.25, 0.3) is 0 Å². The van der Waals surface area contributed by atoms with Crippen LogP contribution in [0.3, 0.4) is 0 Å². The number of anilines is 1.